The summed E-state index contributed by atoms with van der Waals surface area (Å²) in [5.41, 5.74) is -0.244. The van der Waals surface area contributed by atoms with Crippen LogP contribution in [0, 0.1) is 23.7 Å². The molecule has 1 saturated heterocycles. The Hall–Kier alpha value is -1.01. The maximum atomic E-state index is 12.3. The fourth-order valence-electron chi connectivity index (χ4n) is 2.22. The number of nitrogens with one attached hydrogen (secondary N) is 1. The van der Waals surface area contributed by atoms with Gasteiger partial charge in [0.15, 0.2) is 0 Å². The smallest absolute Gasteiger partial charge is 0.230 e. The van der Waals surface area contributed by atoms with E-state index in [-0.39, 0.29) is 11.3 Å². The van der Waals surface area contributed by atoms with Gasteiger partial charge in [0.1, 0.15) is 0 Å². The van der Waals surface area contributed by atoms with Crippen LogP contribution in [-0.2, 0) is 4.79 Å². The summed E-state index contributed by atoms with van der Waals surface area (Å²) in [5.74, 6) is 3.04. The van der Waals surface area contributed by atoms with Gasteiger partial charge in [-0.15, -0.1) is 6.42 Å². The maximum Gasteiger partial charge on any atom is 0.230 e. The molecule has 0 spiro atoms. The molecule has 0 aromatic rings. The minimum absolute atomic E-state index is 0.181. The summed E-state index contributed by atoms with van der Waals surface area (Å²) in [6.07, 6.45) is 6.14. The molecular weight excluding hydrogens is 188 g/mol. The number of nitrogens with zero attached hydrogens (tertiary/aromatic N) is 1. The second-order valence-electron chi connectivity index (χ2n) is 4.60. The van der Waals surface area contributed by atoms with Crippen LogP contribution in [0.2, 0.25) is 0 Å². The second kappa shape index (κ2) is 4.67. The van der Waals surface area contributed by atoms with Crippen LogP contribution in [0.4, 0.5) is 0 Å². The molecular formula is C12H20N2O. The summed E-state index contributed by atoms with van der Waals surface area (Å²) < 4.78 is 0. The Bertz CT molecular complexity index is 272. The standard InChI is InChI=1S/C12H20N2O/c1-5-8-14(4)11(15)12(10(2)3)6-7-13-9-12/h1,10,13H,6-9H2,2-4H3. The zero-order chi connectivity index (χ0) is 11.5. The molecule has 3 nitrogen and oxygen atoms in total. The van der Waals surface area contributed by atoms with E-state index in [0.29, 0.717) is 12.5 Å². The number of hydrogen-bond acceptors (Lipinski definition) is 2. The first-order chi connectivity index (χ1) is 7.04. The van der Waals surface area contributed by atoms with Crippen molar-refractivity contribution in [2.24, 2.45) is 11.3 Å². The van der Waals surface area contributed by atoms with E-state index in [4.69, 9.17) is 6.42 Å². The van der Waals surface area contributed by atoms with Gasteiger partial charge in [0.25, 0.3) is 0 Å². The van der Waals surface area contributed by atoms with Gasteiger partial charge in [-0.25, -0.2) is 0 Å². The van der Waals surface area contributed by atoms with E-state index in [2.05, 4.69) is 25.1 Å². The summed E-state index contributed by atoms with van der Waals surface area (Å²) in [5, 5.41) is 3.27. The van der Waals surface area contributed by atoms with Crippen LogP contribution < -0.4 is 5.32 Å². The first-order valence-electron chi connectivity index (χ1n) is 5.44. The first kappa shape index (κ1) is 12.1. The van der Waals surface area contributed by atoms with Crippen LogP contribution in [-0.4, -0.2) is 37.5 Å². The molecule has 0 aliphatic carbocycles. The highest BCUT2D eigenvalue weighted by atomic mass is 16.2. The van der Waals surface area contributed by atoms with E-state index in [9.17, 15) is 4.79 Å². The summed E-state index contributed by atoms with van der Waals surface area (Å²) in [6.45, 7) is 6.31. The minimum Gasteiger partial charge on any atom is -0.334 e. The topological polar surface area (TPSA) is 32.3 Å². The van der Waals surface area contributed by atoms with Crippen molar-refractivity contribution >= 4 is 5.91 Å². The van der Waals surface area contributed by atoms with Crippen molar-refractivity contribution in [3.63, 3.8) is 0 Å². The van der Waals surface area contributed by atoms with Gasteiger partial charge in [0, 0.05) is 13.6 Å². The molecule has 0 aromatic carbocycles. The van der Waals surface area contributed by atoms with Crippen LogP contribution >= 0.6 is 0 Å². The first-order valence-corrected chi connectivity index (χ1v) is 5.44. The lowest BCUT2D eigenvalue weighted by Gasteiger charge is -2.34. The van der Waals surface area contributed by atoms with E-state index >= 15 is 0 Å². The van der Waals surface area contributed by atoms with Crippen molar-refractivity contribution in [3.05, 3.63) is 0 Å². The van der Waals surface area contributed by atoms with Gasteiger partial charge in [-0.1, -0.05) is 19.8 Å². The Morgan fingerprint density at radius 3 is 2.73 bits per heavy atom. The predicted molar refractivity (Wildman–Crippen MR) is 61.2 cm³/mol. The van der Waals surface area contributed by atoms with E-state index in [1.807, 2.05) is 0 Å². The van der Waals surface area contributed by atoms with E-state index in [1.54, 1.807) is 11.9 Å². The Morgan fingerprint density at radius 1 is 1.67 bits per heavy atom. The second-order valence-corrected chi connectivity index (χ2v) is 4.60. The predicted octanol–water partition coefficient (Wildman–Crippen LogP) is 0.714. The number of rotatable bonds is 3. The number of amides is 1. The minimum atomic E-state index is -0.244. The number of carbonyl (C=O) groups is 1. The lowest BCUT2D eigenvalue weighted by molar-refractivity contribution is -0.141. The van der Waals surface area contributed by atoms with Gasteiger partial charge < -0.3 is 10.2 Å². The Morgan fingerprint density at radius 2 is 2.33 bits per heavy atom. The summed E-state index contributed by atoms with van der Waals surface area (Å²) in [4.78, 5) is 13.9. The molecule has 1 amide bonds. The molecule has 15 heavy (non-hydrogen) atoms. The summed E-state index contributed by atoms with van der Waals surface area (Å²) >= 11 is 0. The van der Waals surface area contributed by atoms with Crippen LogP contribution in [0.25, 0.3) is 0 Å². The molecule has 1 N–H and O–H groups in total. The van der Waals surface area contributed by atoms with E-state index < -0.39 is 0 Å². The van der Waals surface area contributed by atoms with Gasteiger partial charge in [0.05, 0.1) is 12.0 Å². The fraction of sp³-hybridized carbons (Fsp3) is 0.750. The third-order valence-electron chi connectivity index (χ3n) is 3.39. The number of terminal acetylenes is 1. The number of carbonyl (C=O) groups excluding carboxylic acids is 1. The Labute approximate surface area is 92.2 Å². The molecule has 3 heteroatoms. The van der Waals surface area contributed by atoms with Crippen molar-refractivity contribution in [2.45, 2.75) is 20.3 Å². The monoisotopic (exact) mass is 208 g/mol. The molecule has 1 rings (SSSR count). The highest BCUT2D eigenvalue weighted by Crippen LogP contribution is 2.35. The lowest BCUT2D eigenvalue weighted by Crippen LogP contribution is -2.46. The molecule has 0 saturated carbocycles. The van der Waals surface area contributed by atoms with Crippen LogP contribution in [0.3, 0.4) is 0 Å². The highest BCUT2D eigenvalue weighted by molar-refractivity contribution is 5.83. The summed E-state index contributed by atoms with van der Waals surface area (Å²) in [7, 11) is 1.78. The van der Waals surface area contributed by atoms with Gasteiger partial charge in [-0.05, 0) is 18.9 Å². The van der Waals surface area contributed by atoms with Crippen molar-refractivity contribution in [3.8, 4) is 12.3 Å². The van der Waals surface area contributed by atoms with Crippen LogP contribution in [0.15, 0.2) is 0 Å². The van der Waals surface area contributed by atoms with Crippen molar-refractivity contribution in [1.29, 1.82) is 0 Å². The third kappa shape index (κ3) is 2.15. The molecule has 0 bridgehead atoms. The number of hydrogen-bond donors (Lipinski definition) is 1. The molecule has 0 radical (unpaired) electrons. The largest absolute Gasteiger partial charge is 0.334 e. The van der Waals surface area contributed by atoms with E-state index in [1.165, 1.54) is 0 Å². The molecule has 1 fully saturated rings. The highest BCUT2D eigenvalue weighted by Gasteiger charge is 2.45. The zero-order valence-corrected chi connectivity index (χ0v) is 9.84. The molecule has 1 atom stereocenters. The Balaban J connectivity index is 2.82. The zero-order valence-electron chi connectivity index (χ0n) is 9.84. The molecule has 1 aliphatic heterocycles. The quantitative estimate of drug-likeness (QED) is 0.693. The van der Waals surface area contributed by atoms with Gasteiger partial charge in [-0.2, -0.15) is 0 Å². The van der Waals surface area contributed by atoms with Gasteiger partial charge >= 0.3 is 0 Å². The fourth-order valence-corrected chi connectivity index (χ4v) is 2.22. The lowest BCUT2D eigenvalue weighted by atomic mass is 9.75. The third-order valence-corrected chi connectivity index (χ3v) is 3.39. The van der Waals surface area contributed by atoms with Crippen LogP contribution in [0.1, 0.15) is 20.3 Å². The SMILES string of the molecule is C#CCN(C)C(=O)C1(C(C)C)CCNC1. The molecule has 84 valence electrons. The maximum absolute atomic E-state index is 12.3. The van der Waals surface area contributed by atoms with Crippen molar-refractivity contribution in [1.82, 2.24) is 10.2 Å². The van der Waals surface area contributed by atoms with Crippen LogP contribution in [0.5, 0.6) is 0 Å². The molecule has 1 unspecified atom stereocenters. The molecule has 1 aliphatic rings. The summed E-state index contributed by atoms with van der Waals surface area (Å²) in [6, 6.07) is 0. The average molecular weight is 208 g/mol. The average Bonchev–Trinajstić information content (AvgIpc) is 2.66. The van der Waals surface area contributed by atoms with E-state index in [0.717, 1.165) is 19.5 Å². The molecule has 1 heterocycles. The van der Waals surface area contributed by atoms with Gasteiger partial charge in [-0.3, -0.25) is 4.79 Å². The van der Waals surface area contributed by atoms with Crippen molar-refractivity contribution in [2.75, 3.05) is 26.7 Å². The normalized spacial score (nSPS) is 25.3. The van der Waals surface area contributed by atoms with Crippen molar-refractivity contribution < 1.29 is 4.79 Å². The van der Waals surface area contributed by atoms with Gasteiger partial charge in [0.2, 0.25) is 5.91 Å². The Kier molecular flexibility index (Phi) is 3.76. The molecule has 0 aromatic heterocycles.